The van der Waals surface area contributed by atoms with Gasteiger partial charge in [-0.15, -0.1) is 17.5 Å². The van der Waals surface area contributed by atoms with Crippen molar-refractivity contribution < 1.29 is 9.18 Å². The number of hydrogen-bond donors (Lipinski definition) is 1. The van der Waals surface area contributed by atoms with Crippen LogP contribution in [0.25, 0.3) is 0 Å². The quantitative estimate of drug-likeness (QED) is 0.751. The standard InChI is InChI=1S/C22H30FN5O.ClH/c1-16-21(25-26-28(16)20-10-13-24-14-11-20)22(29)27(19-4-2-3-5-19)15-12-17-6-8-18(23)9-7-17;/h6-9,19-20,24H,2-5,10-15H2,1H3;1H. The number of carbonyl (C=O) groups is 1. The van der Waals surface area contributed by atoms with Crippen LogP contribution in [0, 0.1) is 12.7 Å². The molecule has 164 valence electrons. The van der Waals surface area contributed by atoms with Crippen LogP contribution in [-0.2, 0) is 6.42 Å². The zero-order valence-corrected chi connectivity index (χ0v) is 18.3. The molecule has 1 aliphatic carbocycles. The minimum Gasteiger partial charge on any atom is -0.334 e. The van der Waals surface area contributed by atoms with Crippen LogP contribution in [0.15, 0.2) is 24.3 Å². The Kier molecular flexibility index (Phi) is 7.83. The summed E-state index contributed by atoms with van der Waals surface area (Å²) >= 11 is 0. The number of rotatable bonds is 6. The Morgan fingerprint density at radius 3 is 2.50 bits per heavy atom. The molecule has 2 heterocycles. The van der Waals surface area contributed by atoms with Crippen LogP contribution in [0.5, 0.6) is 0 Å². The van der Waals surface area contributed by atoms with Crippen molar-refractivity contribution in [3.63, 3.8) is 0 Å². The highest BCUT2D eigenvalue weighted by Gasteiger charge is 2.31. The van der Waals surface area contributed by atoms with Gasteiger partial charge in [-0.2, -0.15) is 0 Å². The van der Waals surface area contributed by atoms with Crippen molar-refractivity contribution in [2.24, 2.45) is 0 Å². The summed E-state index contributed by atoms with van der Waals surface area (Å²) < 4.78 is 15.1. The summed E-state index contributed by atoms with van der Waals surface area (Å²) in [4.78, 5) is 15.4. The second kappa shape index (κ2) is 10.4. The van der Waals surface area contributed by atoms with Gasteiger partial charge in [0, 0.05) is 12.6 Å². The van der Waals surface area contributed by atoms with Gasteiger partial charge in [-0.05, 0) is 69.8 Å². The van der Waals surface area contributed by atoms with E-state index in [0.29, 0.717) is 24.7 Å². The van der Waals surface area contributed by atoms with Gasteiger partial charge in [0.1, 0.15) is 5.82 Å². The minimum absolute atomic E-state index is 0. The molecule has 1 N–H and O–H groups in total. The van der Waals surface area contributed by atoms with E-state index in [1.807, 2.05) is 16.5 Å². The van der Waals surface area contributed by atoms with Crippen LogP contribution in [0.2, 0.25) is 0 Å². The molecule has 0 atom stereocenters. The molecule has 4 rings (SSSR count). The SMILES string of the molecule is Cc1c(C(=O)N(CCc2ccc(F)cc2)C2CCCC2)nnn1C1CCNCC1.Cl. The van der Waals surface area contributed by atoms with E-state index >= 15 is 0 Å². The van der Waals surface area contributed by atoms with Gasteiger partial charge in [0.2, 0.25) is 0 Å². The second-order valence-corrected chi connectivity index (χ2v) is 8.26. The molecule has 0 spiro atoms. The third kappa shape index (κ3) is 5.01. The largest absolute Gasteiger partial charge is 0.334 e. The fraction of sp³-hybridized carbons (Fsp3) is 0.591. The molecule has 2 fully saturated rings. The zero-order valence-electron chi connectivity index (χ0n) is 17.5. The first kappa shape index (κ1) is 22.7. The lowest BCUT2D eigenvalue weighted by Gasteiger charge is -2.29. The molecular formula is C22H31ClFN5O. The number of hydrogen-bond acceptors (Lipinski definition) is 4. The van der Waals surface area contributed by atoms with Gasteiger partial charge in [0.25, 0.3) is 5.91 Å². The lowest BCUT2D eigenvalue weighted by Crippen LogP contribution is -2.40. The van der Waals surface area contributed by atoms with Crippen molar-refractivity contribution >= 4 is 18.3 Å². The van der Waals surface area contributed by atoms with E-state index < -0.39 is 0 Å². The van der Waals surface area contributed by atoms with Crippen LogP contribution in [-0.4, -0.2) is 51.5 Å². The van der Waals surface area contributed by atoms with E-state index in [1.54, 1.807) is 12.1 Å². The molecular weight excluding hydrogens is 405 g/mol. The van der Waals surface area contributed by atoms with Gasteiger partial charge >= 0.3 is 0 Å². The van der Waals surface area contributed by atoms with E-state index in [-0.39, 0.29) is 30.2 Å². The number of piperidine rings is 1. The molecule has 1 saturated heterocycles. The van der Waals surface area contributed by atoms with Crippen molar-refractivity contribution in [1.82, 2.24) is 25.2 Å². The van der Waals surface area contributed by atoms with Crippen LogP contribution in [0.4, 0.5) is 4.39 Å². The van der Waals surface area contributed by atoms with Gasteiger partial charge in [0.15, 0.2) is 5.69 Å². The minimum atomic E-state index is -0.234. The van der Waals surface area contributed by atoms with Crippen molar-refractivity contribution in [1.29, 1.82) is 0 Å². The van der Waals surface area contributed by atoms with Crippen LogP contribution < -0.4 is 5.32 Å². The van der Waals surface area contributed by atoms with Gasteiger partial charge in [-0.25, -0.2) is 9.07 Å². The third-order valence-corrected chi connectivity index (χ3v) is 6.37. The highest BCUT2D eigenvalue weighted by Crippen LogP contribution is 2.27. The predicted molar refractivity (Wildman–Crippen MR) is 117 cm³/mol. The van der Waals surface area contributed by atoms with Crippen LogP contribution in [0.3, 0.4) is 0 Å². The molecule has 2 aromatic rings. The van der Waals surface area contributed by atoms with Crippen molar-refractivity contribution in [3.8, 4) is 0 Å². The summed E-state index contributed by atoms with van der Waals surface area (Å²) in [5.74, 6) is -0.251. The molecule has 1 aromatic heterocycles. The van der Waals surface area contributed by atoms with Gasteiger partial charge in [-0.1, -0.05) is 30.2 Å². The molecule has 1 saturated carbocycles. The Hall–Kier alpha value is -1.99. The Morgan fingerprint density at radius 2 is 1.83 bits per heavy atom. The number of halogens is 2. The van der Waals surface area contributed by atoms with E-state index in [1.165, 1.54) is 12.1 Å². The summed E-state index contributed by atoms with van der Waals surface area (Å²) in [7, 11) is 0. The maximum atomic E-state index is 13.5. The monoisotopic (exact) mass is 435 g/mol. The lowest BCUT2D eigenvalue weighted by atomic mass is 10.1. The molecule has 0 unspecified atom stereocenters. The lowest BCUT2D eigenvalue weighted by molar-refractivity contribution is 0.0677. The normalized spacial score (nSPS) is 17.7. The summed E-state index contributed by atoms with van der Waals surface area (Å²) in [6, 6.07) is 7.12. The molecule has 8 heteroatoms. The number of amides is 1. The number of nitrogens with one attached hydrogen (secondary N) is 1. The highest BCUT2D eigenvalue weighted by molar-refractivity contribution is 5.93. The summed E-state index contributed by atoms with van der Waals surface area (Å²) in [5.41, 5.74) is 2.39. The maximum Gasteiger partial charge on any atom is 0.276 e. The summed E-state index contributed by atoms with van der Waals surface area (Å²) in [6.07, 6.45) is 7.12. The number of benzene rings is 1. The van der Waals surface area contributed by atoms with E-state index in [0.717, 1.165) is 62.9 Å². The average Bonchev–Trinajstić information content (AvgIpc) is 3.40. The summed E-state index contributed by atoms with van der Waals surface area (Å²) in [6.45, 7) is 4.52. The van der Waals surface area contributed by atoms with Crippen molar-refractivity contribution in [2.45, 2.75) is 64.0 Å². The molecule has 6 nitrogen and oxygen atoms in total. The van der Waals surface area contributed by atoms with Crippen molar-refractivity contribution in [2.75, 3.05) is 19.6 Å². The Bertz CT molecular complexity index is 829. The molecule has 0 bridgehead atoms. The third-order valence-electron chi connectivity index (χ3n) is 6.37. The fourth-order valence-electron chi connectivity index (χ4n) is 4.64. The zero-order chi connectivity index (χ0) is 20.2. The fourth-order valence-corrected chi connectivity index (χ4v) is 4.64. The highest BCUT2D eigenvalue weighted by atomic mass is 35.5. The van der Waals surface area contributed by atoms with E-state index in [9.17, 15) is 9.18 Å². The predicted octanol–water partition coefficient (Wildman–Crippen LogP) is 3.70. The van der Waals surface area contributed by atoms with Crippen molar-refractivity contribution in [3.05, 3.63) is 47.0 Å². The maximum absolute atomic E-state index is 13.5. The molecule has 0 radical (unpaired) electrons. The Morgan fingerprint density at radius 1 is 1.17 bits per heavy atom. The van der Waals surface area contributed by atoms with E-state index in [2.05, 4.69) is 15.6 Å². The number of nitrogens with zero attached hydrogens (tertiary/aromatic N) is 4. The number of carbonyl (C=O) groups excluding carboxylic acids is 1. The average molecular weight is 436 g/mol. The smallest absolute Gasteiger partial charge is 0.276 e. The Labute approximate surface area is 183 Å². The molecule has 2 aliphatic rings. The van der Waals surface area contributed by atoms with Crippen LogP contribution >= 0.6 is 12.4 Å². The first-order valence-electron chi connectivity index (χ1n) is 10.8. The van der Waals surface area contributed by atoms with Crippen LogP contribution in [0.1, 0.15) is 66.3 Å². The molecule has 30 heavy (non-hydrogen) atoms. The van der Waals surface area contributed by atoms with Gasteiger partial charge in [0.05, 0.1) is 11.7 Å². The molecule has 1 aliphatic heterocycles. The molecule has 1 aromatic carbocycles. The first-order valence-corrected chi connectivity index (χ1v) is 10.8. The van der Waals surface area contributed by atoms with Gasteiger partial charge in [-0.3, -0.25) is 4.79 Å². The Balaban J connectivity index is 0.00000256. The first-order chi connectivity index (χ1) is 14.1. The second-order valence-electron chi connectivity index (χ2n) is 8.26. The number of aromatic nitrogens is 3. The molecule has 1 amide bonds. The van der Waals surface area contributed by atoms with E-state index in [4.69, 9.17) is 0 Å². The summed E-state index contributed by atoms with van der Waals surface area (Å²) in [5, 5.41) is 12.0. The topological polar surface area (TPSA) is 63.1 Å². The van der Waals surface area contributed by atoms with Gasteiger partial charge < -0.3 is 10.2 Å².